The number of nitrogens with zero attached hydrogens (tertiary/aromatic N) is 4. The molecule has 330 valence electrons. The standard InChI is InChI=1S/C57H46N4.C7H8/c1-38-28-31-46(57-60-55-26-13-14-27-56(55)61(57)45-19-5-4-6-20-45)44(34-38)37-58-54(33-29-41-17-15-18-42(35-41)40(3)59-53-25-12-7-16-39(53)2)43-30-32-51-49-23-9-8-21-47(49)48-22-10-11-24-50(48)52(51)36-43;1-7-5-3-2-4-6-7/h4-27,29-36,38H,28,37H2,1-3H3;2-6H,1H3/b33-29+,58-54?,59-40?;. The van der Waals surface area contributed by atoms with E-state index in [1.54, 1.807) is 0 Å². The van der Waals surface area contributed by atoms with E-state index < -0.39 is 0 Å². The van der Waals surface area contributed by atoms with Crippen molar-refractivity contribution >= 4 is 72.1 Å². The number of aromatic nitrogens is 2. The topological polar surface area (TPSA) is 42.5 Å². The van der Waals surface area contributed by atoms with Gasteiger partial charge in [-0.3, -0.25) is 14.6 Å². The Morgan fingerprint density at radius 3 is 1.96 bits per heavy atom. The normalized spacial score (nSPS) is 14.3. The van der Waals surface area contributed by atoms with Gasteiger partial charge in [0.1, 0.15) is 5.82 Å². The number of allylic oxidation sites excluding steroid dienone is 3. The van der Waals surface area contributed by atoms with Crippen LogP contribution in [0.25, 0.3) is 60.7 Å². The Kier molecular flexibility index (Phi) is 12.7. The van der Waals surface area contributed by atoms with Crippen LogP contribution in [0.2, 0.25) is 0 Å². The number of aryl methyl sites for hydroxylation is 2. The van der Waals surface area contributed by atoms with Gasteiger partial charge in [-0.1, -0.05) is 188 Å². The quantitative estimate of drug-likeness (QED) is 0.105. The predicted octanol–water partition coefficient (Wildman–Crippen LogP) is 16.5. The Morgan fingerprint density at radius 2 is 1.25 bits per heavy atom. The second-order valence-corrected chi connectivity index (χ2v) is 17.8. The molecule has 1 aromatic heterocycles. The number of benzene rings is 9. The molecule has 1 atom stereocenters. The van der Waals surface area contributed by atoms with Gasteiger partial charge in [-0.2, -0.15) is 0 Å². The van der Waals surface area contributed by atoms with Crippen LogP contribution in [0.15, 0.2) is 234 Å². The number of imidazole rings is 1. The summed E-state index contributed by atoms with van der Waals surface area (Å²) in [7, 11) is 0. The number of fused-ring (bicyclic) bond motifs is 7. The molecule has 0 bridgehead atoms. The van der Waals surface area contributed by atoms with Gasteiger partial charge in [-0.05, 0) is 136 Å². The number of rotatable bonds is 9. The Labute approximate surface area is 399 Å². The average Bonchev–Trinajstić information content (AvgIpc) is 3.77. The van der Waals surface area contributed by atoms with Gasteiger partial charge >= 0.3 is 0 Å². The summed E-state index contributed by atoms with van der Waals surface area (Å²) in [6.45, 7) is 9.06. The SMILES string of the molecule is CC(=Nc1ccccc1C)c1cccc(/C=C/C(=NCC2=CC(C)CC=C2c2nc3ccccc3n2-c2ccccc2)c2ccc3c4ccccc4c4ccccc4c3c2)c1.Cc1ccccc1. The number of aliphatic imine (C=N–C) groups is 2. The highest BCUT2D eigenvalue weighted by molar-refractivity contribution is 6.26. The number of hydrogen-bond acceptors (Lipinski definition) is 3. The molecule has 10 aromatic rings. The summed E-state index contributed by atoms with van der Waals surface area (Å²) in [5.74, 6) is 1.33. The minimum atomic E-state index is 0.384. The Hall–Kier alpha value is -8.21. The van der Waals surface area contributed by atoms with Crippen molar-refractivity contribution in [3.05, 3.63) is 258 Å². The fourth-order valence-corrected chi connectivity index (χ4v) is 9.34. The zero-order valence-electron chi connectivity index (χ0n) is 39.1. The van der Waals surface area contributed by atoms with Crippen molar-refractivity contribution in [2.45, 2.75) is 34.1 Å². The molecule has 1 unspecified atom stereocenters. The van der Waals surface area contributed by atoms with Gasteiger partial charge in [0.2, 0.25) is 0 Å². The lowest BCUT2D eigenvalue weighted by Crippen LogP contribution is -2.10. The highest BCUT2D eigenvalue weighted by atomic mass is 15.1. The third-order valence-corrected chi connectivity index (χ3v) is 12.9. The molecule has 0 N–H and O–H groups in total. The zero-order chi connectivity index (χ0) is 46.4. The van der Waals surface area contributed by atoms with Crippen LogP contribution in [0.3, 0.4) is 0 Å². The monoisotopic (exact) mass is 878 g/mol. The van der Waals surface area contributed by atoms with E-state index in [0.717, 1.165) is 73.9 Å². The maximum atomic E-state index is 5.53. The van der Waals surface area contributed by atoms with Crippen LogP contribution in [0.4, 0.5) is 5.69 Å². The average molecular weight is 879 g/mol. The van der Waals surface area contributed by atoms with Crippen molar-refractivity contribution in [3.63, 3.8) is 0 Å². The van der Waals surface area contributed by atoms with Gasteiger partial charge in [0.25, 0.3) is 0 Å². The molecule has 0 radical (unpaired) electrons. The highest BCUT2D eigenvalue weighted by Crippen LogP contribution is 2.37. The van der Waals surface area contributed by atoms with Gasteiger partial charge in [0.15, 0.2) is 0 Å². The van der Waals surface area contributed by atoms with E-state index in [1.165, 1.54) is 43.5 Å². The summed E-state index contributed by atoms with van der Waals surface area (Å²) in [6.07, 6.45) is 10.1. The fourth-order valence-electron chi connectivity index (χ4n) is 9.34. The summed E-state index contributed by atoms with van der Waals surface area (Å²) >= 11 is 0. The first-order valence-electron chi connectivity index (χ1n) is 23.6. The van der Waals surface area contributed by atoms with E-state index in [1.807, 2.05) is 24.3 Å². The van der Waals surface area contributed by atoms with Crippen LogP contribution < -0.4 is 0 Å². The molecule has 0 saturated carbocycles. The van der Waals surface area contributed by atoms with Crippen LogP contribution >= 0.6 is 0 Å². The molecule has 0 amide bonds. The van der Waals surface area contributed by atoms with E-state index in [4.69, 9.17) is 15.0 Å². The molecule has 4 heteroatoms. The van der Waals surface area contributed by atoms with Gasteiger partial charge in [0.05, 0.1) is 29.0 Å². The van der Waals surface area contributed by atoms with Crippen molar-refractivity contribution < 1.29 is 0 Å². The smallest absolute Gasteiger partial charge is 0.145 e. The summed E-state index contributed by atoms with van der Waals surface area (Å²) in [5, 5.41) is 7.49. The lowest BCUT2D eigenvalue weighted by Gasteiger charge is -2.20. The van der Waals surface area contributed by atoms with Crippen molar-refractivity contribution in [2.75, 3.05) is 6.54 Å². The van der Waals surface area contributed by atoms with E-state index in [9.17, 15) is 0 Å². The molecular formula is C64H54N4. The Morgan fingerprint density at radius 1 is 0.618 bits per heavy atom. The second kappa shape index (κ2) is 19.7. The molecule has 11 rings (SSSR count). The molecule has 4 nitrogen and oxygen atoms in total. The van der Waals surface area contributed by atoms with E-state index in [-0.39, 0.29) is 0 Å². The lowest BCUT2D eigenvalue weighted by molar-refractivity contribution is 0.728. The molecule has 0 fully saturated rings. The van der Waals surface area contributed by atoms with E-state index >= 15 is 0 Å². The molecule has 0 spiro atoms. The third-order valence-electron chi connectivity index (χ3n) is 12.9. The second-order valence-electron chi connectivity index (χ2n) is 17.8. The van der Waals surface area contributed by atoms with Crippen molar-refractivity contribution in [1.82, 2.24) is 9.55 Å². The van der Waals surface area contributed by atoms with Crippen LogP contribution in [0.1, 0.15) is 53.9 Å². The number of hydrogen-bond donors (Lipinski definition) is 0. The third kappa shape index (κ3) is 9.27. The predicted molar refractivity (Wildman–Crippen MR) is 291 cm³/mol. The minimum absolute atomic E-state index is 0.384. The summed E-state index contributed by atoms with van der Waals surface area (Å²) in [4.78, 5) is 15.8. The first kappa shape index (κ1) is 43.7. The van der Waals surface area contributed by atoms with Gasteiger partial charge in [0, 0.05) is 22.5 Å². The molecule has 68 heavy (non-hydrogen) atoms. The van der Waals surface area contributed by atoms with Crippen LogP contribution in [0, 0.1) is 19.8 Å². The van der Waals surface area contributed by atoms with Crippen LogP contribution in [-0.2, 0) is 0 Å². The van der Waals surface area contributed by atoms with Crippen molar-refractivity contribution in [3.8, 4) is 5.69 Å². The largest absolute Gasteiger partial charge is 0.292 e. The lowest BCUT2D eigenvalue weighted by atomic mass is 9.90. The Bertz CT molecular complexity index is 3570. The molecule has 9 aromatic carbocycles. The summed E-state index contributed by atoms with van der Waals surface area (Å²) in [5.41, 5.74) is 14.1. The Balaban J connectivity index is 0.000000708. The van der Waals surface area contributed by atoms with E-state index in [0.29, 0.717) is 12.5 Å². The molecule has 0 saturated heterocycles. The van der Waals surface area contributed by atoms with Crippen molar-refractivity contribution in [1.29, 1.82) is 0 Å². The molecule has 1 aliphatic carbocycles. The summed E-state index contributed by atoms with van der Waals surface area (Å²) < 4.78 is 2.30. The van der Waals surface area contributed by atoms with Crippen LogP contribution in [0.5, 0.6) is 0 Å². The fraction of sp³-hybridized carbons (Fsp3) is 0.109. The molecule has 1 aliphatic rings. The number of para-hydroxylation sites is 4. The van der Waals surface area contributed by atoms with E-state index in [2.05, 4.69) is 232 Å². The van der Waals surface area contributed by atoms with Gasteiger partial charge in [-0.15, -0.1) is 0 Å². The zero-order valence-corrected chi connectivity index (χ0v) is 39.1. The highest BCUT2D eigenvalue weighted by Gasteiger charge is 2.22. The first-order chi connectivity index (χ1) is 33.4. The molecule has 0 aliphatic heterocycles. The molecular weight excluding hydrogens is 825 g/mol. The van der Waals surface area contributed by atoms with Crippen molar-refractivity contribution in [2.24, 2.45) is 15.9 Å². The first-order valence-corrected chi connectivity index (χ1v) is 23.6. The minimum Gasteiger partial charge on any atom is -0.292 e. The maximum Gasteiger partial charge on any atom is 0.145 e. The molecule has 1 heterocycles. The van der Waals surface area contributed by atoms with Gasteiger partial charge < -0.3 is 0 Å². The van der Waals surface area contributed by atoms with Gasteiger partial charge in [-0.25, -0.2) is 4.98 Å². The summed E-state index contributed by atoms with van der Waals surface area (Å²) in [6, 6.07) is 70.5. The van der Waals surface area contributed by atoms with Crippen LogP contribution in [-0.4, -0.2) is 27.5 Å². The maximum absolute atomic E-state index is 5.53.